The van der Waals surface area contributed by atoms with Crippen molar-refractivity contribution in [2.75, 3.05) is 32.3 Å². The summed E-state index contributed by atoms with van der Waals surface area (Å²) in [5, 5.41) is 6.54. The van der Waals surface area contributed by atoms with E-state index in [9.17, 15) is 4.39 Å². The summed E-state index contributed by atoms with van der Waals surface area (Å²) < 4.78 is 13.5. The van der Waals surface area contributed by atoms with Crippen LogP contribution in [0.5, 0.6) is 0 Å². The summed E-state index contributed by atoms with van der Waals surface area (Å²) in [4.78, 5) is 10.8. The van der Waals surface area contributed by atoms with Crippen molar-refractivity contribution in [2.24, 2.45) is 4.99 Å². The number of rotatable bonds is 7. The highest BCUT2D eigenvalue weighted by molar-refractivity contribution is 14.0. The molecule has 0 bridgehead atoms. The Bertz CT molecular complexity index is 755. The van der Waals surface area contributed by atoms with Gasteiger partial charge in [0.05, 0.1) is 12.2 Å². The largest absolute Gasteiger partial charge is 0.363 e. The molecule has 2 aromatic rings. The maximum absolute atomic E-state index is 13.5. The van der Waals surface area contributed by atoms with Crippen molar-refractivity contribution in [3.63, 3.8) is 0 Å². The molecule has 0 atom stereocenters. The van der Waals surface area contributed by atoms with Gasteiger partial charge in [0.1, 0.15) is 11.6 Å². The number of hydrogen-bond acceptors (Lipinski definition) is 4. The third-order valence-electron chi connectivity index (χ3n) is 3.83. The smallest absolute Gasteiger partial charge is 0.191 e. The molecular weight excluding hydrogens is 476 g/mol. The van der Waals surface area contributed by atoms with Crippen LogP contribution in [0, 0.1) is 5.82 Å². The van der Waals surface area contributed by atoms with E-state index in [-0.39, 0.29) is 29.8 Å². The molecule has 0 saturated heterocycles. The van der Waals surface area contributed by atoms with E-state index < -0.39 is 0 Å². The zero-order valence-electron chi connectivity index (χ0n) is 16.1. The van der Waals surface area contributed by atoms with Crippen molar-refractivity contribution in [1.82, 2.24) is 15.6 Å². The Labute approximate surface area is 182 Å². The lowest BCUT2D eigenvalue weighted by Crippen LogP contribution is -2.36. The zero-order chi connectivity index (χ0) is 18.9. The average Bonchev–Trinajstić information content (AvgIpc) is 2.63. The summed E-state index contributed by atoms with van der Waals surface area (Å²) in [5.74, 6) is 2.18. The molecule has 2 rings (SSSR count). The molecule has 1 aromatic heterocycles. The number of guanidine groups is 1. The van der Waals surface area contributed by atoms with Crippen LogP contribution in [-0.4, -0.2) is 38.3 Å². The van der Waals surface area contributed by atoms with Gasteiger partial charge in [0, 0.05) is 33.4 Å². The number of halogens is 2. The average molecular weight is 503 g/mol. The SMILES string of the molecule is CN=C(NCc1cccc(N(C)C)n1)NCc1ccc(F)cc1CSC.I. The normalized spacial score (nSPS) is 10.9. The zero-order valence-corrected chi connectivity index (χ0v) is 19.3. The lowest BCUT2D eigenvalue weighted by atomic mass is 10.1. The second-order valence-corrected chi connectivity index (χ2v) is 6.87. The lowest BCUT2D eigenvalue weighted by molar-refractivity contribution is 0.625. The number of benzene rings is 1. The molecule has 8 heteroatoms. The fourth-order valence-electron chi connectivity index (χ4n) is 2.45. The van der Waals surface area contributed by atoms with E-state index in [4.69, 9.17) is 0 Å². The van der Waals surface area contributed by atoms with Crippen LogP contribution in [0.4, 0.5) is 10.2 Å². The molecule has 0 fully saturated rings. The molecular formula is C19H27FIN5S. The summed E-state index contributed by atoms with van der Waals surface area (Å²) in [7, 11) is 5.66. The Morgan fingerprint density at radius 3 is 2.56 bits per heavy atom. The molecule has 0 saturated carbocycles. The van der Waals surface area contributed by atoms with E-state index in [0.29, 0.717) is 19.0 Å². The van der Waals surface area contributed by atoms with Gasteiger partial charge in [-0.15, -0.1) is 24.0 Å². The highest BCUT2D eigenvalue weighted by atomic mass is 127. The molecule has 0 unspecified atom stereocenters. The number of nitrogens with zero attached hydrogens (tertiary/aromatic N) is 3. The van der Waals surface area contributed by atoms with Crippen LogP contribution in [-0.2, 0) is 18.8 Å². The first-order chi connectivity index (χ1) is 12.5. The first-order valence-electron chi connectivity index (χ1n) is 8.37. The molecule has 0 amide bonds. The molecule has 5 nitrogen and oxygen atoms in total. The number of thioether (sulfide) groups is 1. The topological polar surface area (TPSA) is 52.6 Å². The van der Waals surface area contributed by atoms with Gasteiger partial charge in [0.2, 0.25) is 0 Å². The molecule has 0 aliphatic rings. The highest BCUT2D eigenvalue weighted by Gasteiger charge is 2.06. The van der Waals surface area contributed by atoms with Gasteiger partial charge in [-0.05, 0) is 41.6 Å². The quantitative estimate of drug-likeness (QED) is 0.344. The standard InChI is InChI=1S/C19H26FN5S.HI/c1-21-19(23-12-17-6-5-7-18(24-17)25(2)3)22-11-14-8-9-16(20)10-15(14)13-26-4;/h5-10H,11-13H2,1-4H3,(H2,21,22,23);1H. The summed E-state index contributed by atoms with van der Waals surface area (Å²) in [5.41, 5.74) is 3.00. The minimum absolute atomic E-state index is 0. The summed E-state index contributed by atoms with van der Waals surface area (Å²) in [6.07, 6.45) is 2.01. The van der Waals surface area contributed by atoms with Crippen molar-refractivity contribution in [2.45, 2.75) is 18.8 Å². The van der Waals surface area contributed by atoms with E-state index in [2.05, 4.69) is 20.6 Å². The third-order valence-corrected chi connectivity index (χ3v) is 4.42. The Morgan fingerprint density at radius 1 is 1.15 bits per heavy atom. The van der Waals surface area contributed by atoms with Crippen LogP contribution >= 0.6 is 35.7 Å². The molecule has 1 aromatic carbocycles. The molecule has 1 heterocycles. The van der Waals surface area contributed by atoms with Crippen LogP contribution in [0.2, 0.25) is 0 Å². The first kappa shape index (κ1) is 23.5. The van der Waals surface area contributed by atoms with E-state index in [1.165, 1.54) is 6.07 Å². The second-order valence-electron chi connectivity index (χ2n) is 6.01. The van der Waals surface area contributed by atoms with Crippen molar-refractivity contribution in [1.29, 1.82) is 0 Å². The first-order valence-corrected chi connectivity index (χ1v) is 9.77. The van der Waals surface area contributed by atoms with Gasteiger partial charge in [-0.1, -0.05) is 12.1 Å². The van der Waals surface area contributed by atoms with Crippen molar-refractivity contribution in [3.05, 3.63) is 59.0 Å². The number of nitrogens with one attached hydrogen (secondary N) is 2. The molecule has 148 valence electrons. The Kier molecular flexibility index (Phi) is 10.5. The fourth-order valence-corrected chi connectivity index (χ4v) is 3.02. The van der Waals surface area contributed by atoms with Gasteiger partial charge < -0.3 is 15.5 Å². The Hall–Kier alpha value is -1.55. The van der Waals surface area contributed by atoms with E-state index >= 15 is 0 Å². The van der Waals surface area contributed by atoms with Gasteiger partial charge in [0.15, 0.2) is 5.96 Å². The molecule has 0 radical (unpaired) electrons. The number of pyridine rings is 1. The minimum atomic E-state index is -0.202. The highest BCUT2D eigenvalue weighted by Crippen LogP contribution is 2.16. The van der Waals surface area contributed by atoms with Gasteiger partial charge in [0.25, 0.3) is 0 Å². The minimum Gasteiger partial charge on any atom is -0.363 e. The van der Waals surface area contributed by atoms with Crippen LogP contribution in [0.25, 0.3) is 0 Å². The molecule has 27 heavy (non-hydrogen) atoms. The maximum atomic E-state index is 13.5. The van der Waals surface area contributed by atoms with E-state index in [0.717, 1.165) is 28.4 Å². The second kappa shape index (κ2) is 12.0. The maximum Gasteiger partial charge on any atom is 0.191 e. The van der Waals surface area contributed by atoms with E-state index in [1.54, 1.807) is 24.9 Å². The summed E-state index contributed by atoms with van der Waals surface area (Å²) >= 11 is 1.68. The third kappa shape index (κ3) is 7.53. The predicted molar refractivity (Wildman–Crippen MR) is 125 cm³/mol. The van der Waals surface area contributed by atoms with Gasteiger partial charge >= 0.3 is 0 Å². The predicted octanol–water partition coefficient (Wildman–Crippen LogP) is 3.63. The summed E-state index contributed by atoms with van der Waals surface area (Å²) in [6.45, 7) is 1.16. The molecule has 0 aliphatic heterocycles. The monoisotopic (exact) mass is 503 g/mol. The van der Waals surface area contributed by atoms with E-state index in [1.807, 2.05) is 49.5 Å². The number of aliphatic imine (C=N–C) groups is 1. The van der Waals surface area contributed by atoms with Gasteiger partial charge in [-0.3, -0.25) is 4.99 Å². The number of aromatic nitrogens is 1. The Morgan fingerprint density at radius 2 is 1.89 bits per heavy atom. The van der Waals surface area contributed by atoms with Crippen LogP contribution in [0.3, 0.4) is 0 Å². The van der Waals surface area contributed by atoms with Crippen LogP contribution in [0.15, 0.2) is 41.4 Å². The van der Waals surface area contributed by atoms with Crippen molar-refractivity contribution < 1.29 is 4.39 Å². The summed E-state index contributed by atoms with van der Waals surface area (Å²) in [6, 6.07) is 10.8. The van der Waals surface area contributed by atoms with Gasteiger partial charge in [-0.2, -0.15) is 11.8 Å². The molecule has 0 aliphatic carbocycles. The number of anilines is 1. The molecule has 0 spiro atoms. The fraction of sp³-hybridized carbons (Fsp3) is 0.368. The van der Waals surface area contributed by atoms with Crippen LogP contribution in [0.1, 0.15) is 16.8 Å². The Balaban J connectivity index is 0.00000364. The van der Waals surface area contributed by atoms with Crippen molar-refractivity contribution >= 4 is 47.5 Å². The van der Waals surface area contributed by atoms with Gasteiger partial charge in [-0.25, -0.2) is 9.37 Å². The molecule has 2 N–H and O–H groups in total. The lowest BCUT2D eigenvalue weighted by Gasteiger charge is -2.15. The van der Waals surface area contributed by atoms with Crippen molar-refractivity contribution in [3.8, 4) is 0 Å². The number of hydrogen-bond donors (Lipinski definition) is 2. The van der Waals surface area contributed by atoms with Crippen LogP contribution < -0.4 is 15.5 Å².